The van der Waals surface area contributed by atoms with E-state index in [4.69, 9.17) is 22.2 Å². The Morgan fingerprint density at radius 2 is 1.21 bits per heavy atom. The molecular formula is C46H27B2N3O. The van der Waals surface area contributed by atoms with Crippen LogP contribution in [0.15, 0.2) is 168 Å². The summed E-state index contributed by atoms with van der Waals surface area (Å²) in [6.45, 7) is -0.282. The third kappa shape index (κ3) is 4.12. The van der Waals surface area contributed by atoms with E-state index in [1.807, 2.05) is 24.3 Å². The molecule has 0 spiro atoms. The van der Waals surface area contributed by atoms with Crippen LogP contribution in [-0.2, 0) is 0 Å². The summed E-state index contributed by atoms with van der Waals surface area (Å²) in [5.41, 5.74) is 10.5. The van der Waals surface area contributed by atoms with Gasteiger partial charge in [-0.05, 0) is 33.3 Å². The van der Waals surface area contributed by atoms with Gasteiger partial charge in [0.1, 0.15) is 19.0 Å². The molecule has 0 fully saturated rings. The molecule has 0 saturated heterocycles. The summed E-state index contributed by atoms with van der Waals surface area (Å²) in [6, 6.07) is 57.3. The van der Waals surface area contributed by atoms with Gasteiger partial charge in [-0.1, -0.05) is 169 Å². The van der Waals surface area contributed by atoms with E-state index in [-0.39, 0.29) is 6.85 Å². The smallest absolute Gasteiger partial charge is 0.332 e. The van der Waals surface area contributed by atoms with Gasteiger partial charge in [0.05, 0.1) is 22.3 Å². The molecule has 0 N–H and O–H groups in total. The molecule has 0 saturated carbocycles. The van der Waals surface area contributed by atoms with E-state index in [0.717, 1.165) is 66.0 Å². The van der Waals surface area contributed by atoms with Crippen molar-refractivity contribution >= 4 is 97.1 Å². The maximum atomic E-state index is 6.82. The Balaban J connectivity index is 1.39. The number of hydrogen-bond donors (Lipinski definition) is 0. The summed E-state index contributed by atoms with van der Waals surface area (Å²) in [5, 5.41) is 7.46. The summed E-state index contributed by atoms with van der Waals surface area (Å²) in [6.07, 6.45) is 0. The number of furan rings is 1. The van der Waals surface area contributed by atoms with E-state index in [0.29, 0.717) is 17.0 Å². The third-order valence-electron chi connectivity index (χ3n) is 10.6. The topological polar surface area (TPSA) is 42.2 Å². The Morgan fingerprint density at radius 3 is 2.04 bits per heavy atom. The molecule has 3 heterocycles. The highest BCUT2D eigenvalue weighted by atomic mass is 16.3. The minimum atomic E-state index is -0.282. The van der Waals surface area contributed by atoms with Crippen molar-refractivity contribution in [2.24, 2.45) is 0 Å². The molecule has 0 amide bonds. The largest absolute Gasteiger partial charge is 0.456 e. The molecule has 0 unspecified atom stereocenters. The van der Waals surface area contributed by atoms with Gasteiger partial charge < -0.3 is 9.23 Å². The molecule has 6 heteroatoms. The predicted octanol–water partition coefficient (Wildman–Crippen LogP) is 9.22. The molecule has 2 aromatic heterocycles. The lowest BCUT2D eigenvalue weighted by Gasteiger charge is -2.39. The van der Waals surface area contributed by atoms with E-state index < -0.39 is 0 Å². The molecule has 10 aromatic rings. The van der Waals surface area contributed by atoms with Gasteiger partial charge >= 0.3 is 6.85 Å². The lowest BCUT2D eigenvalue weighted by atomic mass is 9.45. The van der Waals surface area contributed by atoms with Crippen molar-refractivity contribution in [1.82, 2.24) is 9.97 Å². The number of benzene rings is 8. The first-order valence-corrected chi connectivity index (χ1v) is 17.6. The van der Waals surface area contributed by atoms with E-state index >= 15 is 0 Å². The van der Waals surface area contributed by atoms with Crippen molar-refractivity contribution in [1.29, 1.82) is 0 Å². The van der Waals surface area contributed by atoms with Crippen LogP contribution in [0, 0.1) is 0 Å². The number of hydrogen-bond acceptors (Lipinski definition) is 4. The minimum Gasteiger partial charge on any atom is -0.456 e. The number of rotatable bonds is 3. The number of nitrogens with zero attached hydrogens (tertiary/aromatic N) is 3. The van der Waals surface area contributed by atoms with Gasteiger partial charge in [0.15, 0.2) is 0 Å². The zero-order valence-electron chi connectivity index (χ0n) is 28.0. The van der Waals surface area contributed by atoms with Gasteiger partial charge in [0.25, 0.3) is 0 Å². The summed E-state index contributed by atoms with van der Waals surface area (Å²) < 4.78 is 6.82. The zero-order chi connectivity index (χ0) is 34.3. The quantitative estimate of drug-likeness (QED) is 0.178. The fourth-order valence-corrected chi connectivity index (χ4v) is 8.45. The fraction of sp³-hybridized carbons (Fsp3) is 0. The summed E-state index contributed by atoms with van der Waals surface area (Å²) >= 11 is 0. The number of anilines is 2. The molecule has 2 radical (unpaired) electrons. The van der Waals surface area contributed by atoms with E-state index in [2.05, 4.69) is 144 Å². The molecule has 11 rings (SSSR count). The van der Waals surface area contributed by atoms with Crippen LogP contribution < -0.4 is 21.2 Å². The summed E-state index contributed by atoms with van der Waals surface area (Å²) in [5.74, 6) is 0.612. The number of aromatic nitrogens is 2. The highest BCUT2D eigenvalue weighted by Gasteiger charge is 2.42. The third-order valence-corrected chi connectivity index (χ3v) is 10.6. The van der Waals surface area contributed by atoms with Crippen molar-refractivity contribution in [2.75, 3.05) is 4.81 Å². The monoisotopic (exact) mass is 659 g/mol. The maximum Gasteiger partial charge on any atom is 0.332 e. The van der Waals surface area contributed by atoms with Gasteiger partial charge in [-0.2, -0.15) is 0 Å². The van der Waals surface area contributed by atoms with Crippen molar-refractivity contribution < 1.29 is 4.42 Å². The molecule has 8 aromatic carbocycles. The van der Waals surface area contributed by atoms with Crippen molar-refractivity contribution in [2.45, 2.75) is 0 Å². The first-order valence-electron chi connectivity index (χ1n) is 17.6. The minimum absolute atomic E-state index is 0.282. The molecule has 52 heavy (non-hydrogen) atoms. The molecular weight excluding hydrogens is 632 g/mol. The van der Waals surface area contributed by atoms with Crippen LogP contribution in [-0.4, -0.2) is 24.7 Å². The Bertz CT molecular complexity index is 3050. The second-order valence-corrected chi connectivity index (χ2v) is 13.5. The average molecular weight is 659 g/mol. The van der Waals surface area contributed by atoms with Crippen LogP contribution in [0.2, 0.25) is 0 Å². The van der Waals surface area contributed by atoms with Crippen LogP contribution >= 0.6 is 0 Å². The molecule has 0 atom stereocenters. The Morgan fingerprint density at radius 1 is 0.538 bits per heavy atom. The van der Waals surface area contributed by atoms with Crippen LogP contribution in [0.4, 0.5) is 11.6 Å². The second kappa shape index (κ2) is 11.2. The Hall–Kier alpha value is -6.65. The van der Waals surface area contributed by atoms with E-state index in [1.54, 1.807) is 0 Å². The highest BCUT2D eigenvalue weighted by molar-refractivity contribution is 6.92. The van der Waals surface area contributed by atoms with Gasteiger partial charge in [-0.3, -0.25) is 0 Å². The lowest BCUT2D eigenvalue weighted by molar-refractivity contribution is 0.675. The fourth-order valence-electron chi connectivity index (χ4n) is 8.45. The van der Waals surface area contributed by atoms with Crippen LogP contribution in [0.5, 0.6) is 0 Å². The number of para-hydroxylation sites is 2. The van der Waals surface area contributed by atoms with Crippen molar-refractivity contribution in [3.8, 4) is 22.4 Å². The number of fused-ring (bicyclic) bond motifs is 13. The normalized spacial score (nSPS) is 12.6. The second-order valence-electron chi connectivity index (χ2n) is 13.5. The van der Waals surface area contributed by atoms with E-state index in [1.165, 1.54) is 21.8 Å². The van der Waals surface area contributed by atoms with Gasteiger partial charge in [0, 0.05) is 27.3 Å². The Labute approximate surface area is 301 Å². The lowest BCUT2D eigenvalue weighted by Crippen LogP contribution is -2.58. The predicted molar refractivity (Wildman–Crippen MR) is 218 cm³/mol. The molecule has 238 valence electrons. The summed E-state index contributed by atoms with van der Waals surface area (Å²) in [4.78, 5) is 13.4. The molecule has 1 aliphatic rings. The molecule has 0 bridgehead atoms. The molecule has 0 aliphatic carbocycles. The Kier molecular flexibility index (Phi) is 6.26. The zero-order valence-corrected chi connectivity index (χ0v) is 28.0. The maximum absolute atomic E-state index is 6.82. The van der Waals surface area contributed by atoms with Crippen LogP contribution in [0.1, 0.15) is 0 Å². The summed E-state index contributed by atoms with van der Waals surface area (Å²) in [7, 11) is 6.66. The molecule has 4 nitrogen and oxygen atoms in total. The van der Waals surface area contributed by atoms with Crippen LogP contribution in [0.25, 0.3) is 76.8 Å². The van der Waals surface area contributed by atoms with Crippen molar-refractivity contribution in [3.63, 3.8) is 0 Å². The SMILES string of the molecule is [B]c1cccc2c1oc1c3ccccc3c3c(c21)N(c1nc(-c2ccccc2)c2ccccc2n1)B(c1ccccc1)c1c-3ccc2ccccc12. The van der Waals surface area contributed by atoms with Gasteiger partial charge in [-0.25, -0.2) is 9.97 Å². The van der Waals surface area contributed by atoms with Gasteiger partial charge in [0.2, 0.25) is 5.95 Å². The standard InChI is InChI=1S/C46H27B2N3O/c47-37-24-13-23-36-40-43-39(32-20-9-10-21-33(32)45(40)52-44(36)37)35-27-26-28-14-7-8-19-31(28)41(35)48(30-17-5-2-6-18-30)51(43)46-49-38-25-12-11-22-34(38)42(50-46)29-15-3-1-4-16-29/h1-27H. The van der Waals surface area contributed by atoms with Crippen LogP contribution in [0.3, 0.4) is 0 Å². The molecule has 1 aliphatic heterocycles. The van der Waals surface area contributed by atoms with Crippen molar-refractivity contribution in [3.05, 3.63) is 164 Å². The van der Waals surface area contributed by atoms with E-state index in [9.17, 15) is 0 Å². The van der Waals surface area contributed by atoms with Gasteiger partial charge in [-0.15, -0.1) is 0 Å². The first kappa shape index (κ1) is 29.1. The first-order chi connectivity index (χ1) is 25.7. The highest BCUT2D eigenvalue weighted by Crippen LogP contribution is 2.51. The average Bonchev–Trinajstić information content (AvgIpc) is 3.61.